The van der Waals surface area contributed by atoms with E-state index in [4.69, 9.17) is 0 Å². The van der Waals surface area contributed by atoms with Crippen LogP contribution in [0.2, 0.25) is 0 Å². The summed E-state index contributed by atoms with van der Waals surface area (Å²) in [6.45, 7) is 8.73. The van der Waals surface area contributed by atoms with E-state index in [0.717, 1.165) is 31.2 Å². The zero-order chi connectivity index (χ0) is 14.9. The molecule has 3 atom stereocenters. The first-order valence-electron chi connectivity index (χ1n) is 7.71. The summed E-state index contributed by atoms with van der Waals surface area (Å²) in [5.41, 5.74) is 1.12. The molecule has 0 bridgehead atoms. The van der Waals surface area contributed by atoms with Gasteiger partial charge in [0.25, 0.3) is 0 Å². The normalized spacial score (nSPS) is 27.6. The van der Waals surface area contributed by atoms with Crippen LogP contribution in [0.15, 0.2) is 23.3 Å². The van der Waals surface area contributed by atoms with Gasteiger partial charge in [0.15, 0.2) is 5.43 Å². The molecule has 3 unspecified atom stereocenters. The van der Waals surface area contributed by atoms with Crippen molar-refractivity contribution in [3.63, 3.8) is 0 Å². The van der Waals surface area contributed by atoms with Crippen LogP contribution in [0.4, 0.5) is 0 Å². The summed E-state index contributed by atoms with van der Waals surface area (Å²) in [5.74, 6) is 0.540. The SMILES string of the molecule is CCC(C)(C)C1CCC(O)CC1n1ccc(=O)c(C)c1. The third-order valence-corrected chi connectivity index (χ3v) is 5.22. The molecule has 3 nitrogen and oxygen atoms in total. The number of aliphatic hydroxyl groups excluding tert-OH is 1. The maximum atomic E-state index is 11.6. The molecule has 20 heavy (non-hydrogen) atoms. The Bertz CT molecular complexity index is 518. The molecule has 112 valence electrons. The summed E-state index contributed by atoms with van der Waals surface area (Å²) in [5, 5.41) is 10.0. The first-order valence-corrected chi connectivity index (χ1v) is 7.71. The molecule has 1 N–H and O–H groups in total. The van der Waals surface area contributed by atoms with Crippen molar-refractivity contribution in [3.8, 4) is 0 Å². The van der Waals surface area contributed by atoms with E-state index < -0.39 is 0 Å². The van der Waals surface area contributed by atoms with Gasteiger partial charge >= 0.3 is 0 Å². The van der Waals surface area contributed by atoms with Crippen molar-refractivity contribution in [2.45, 2.75) is 65.5 Å². The van der Waals surface area contributed by atoms with E-state index in [1.165, 1.54) is 0 Å². The van der Waals surface area contributed by atoms with Gasteiger partial charge in [0.2, 0.25) is 0 Å². The van der Waals surface area contributed by atoms with Gasteiger partial charge in [-0.2, -0.15) is 0 Å². The Hall–Kier alpha value is -1.09. The van der Waals surface area contributed by atoms with Crippen LogP contribution in [0, 0.1) is 18.3 Å². The average Bonchev–Trinajstić information content (AvgIpc) is 2.41. The quantitative estimate of drug-likeness (QED) is 0.921. The van der Waals surface area contributed by atoms with Gasteiger partial charge in [0, 0.05) is 30.1 Å². The van der Waals surface area contributed by atoms with E-state index in [-0.39, 0.29) is 23.0 Å². The number of rotatable bonds is 3. The van der Waals surface area contributed by atoms with E-state index in [9.17, 15) is 9.90 Å². The molecule has 1 aliphatic carbocycles. The van der Waals surface area contributed by atoms with Crippen LogP contribution in [0.25, 0.3) is 0 Å². The molecule has 1 fully saturated rings. The van der Waals surface area contributed by atoms with Gasteiger partial charge < -0.3 is 9.67 Å². The Balaban J connectivity index is 2.37. The highest BCUT2D eigenvalue weighted by Gasteiger charge is 2.39. The highest BCUT2D eigenvalue weighted by atomic mass is 16.3. The number of aromatic nitrogens is 1. The highest BCUT2D eigenvalue weighted by molar-refractivity contribution is 5.09. The smallest absolute Gasteiger partial charge is 0.184 e. The molecular weight excluding hydrogens is 250 g/mol. The highest BCUT2D eigenvalue weighted by Crippen LogP contribution is 2.46. The number of hydrogen-bond acceptors (Lipinski definition) is 2. The summed E-state index contributed by atoms with van der Waals surface area (Å²) in [6.07, 6.45) is 7.48. The number of nitrogens with zero attached hydrogens (tertiary/aromatic N) is 1. The van der Waals surface area contributed by atoms with Crippen molar-refractivity contribution < 1.29 is 5.11 Å². The van der Waals surface area contributed by atoms with Crippen LogP contribution in [0.5, 0.6) is 0 Å². The second-order valence-electron chi connectivity index (χ2n) is 6.92. The molecule has 0 spiro atoms. The van der Waals surface area contributed by atoms with E-state index in [0.29, 0.717) is 5.92 Å². The van der Waals surface area contributed by atoms with Crippen LogP contribution in [0.3, 0.4) is 0 Å². The number of hydrogen-bond donors (Lipinski definition) is 1. The lowest BCUT2D eigenvalue weighted by Crippen LogP contribution is -2.38. The molecule has 1 aromatic heterocycles. The van der Waals surface area contributed by atoms with E-state index in [1.807, 2.05) is 19.3 Å². The fraction of sp³-hybridized carbons (Fsp3) is 0.706. The topological polar surface area (TPSA) is 42.2 Å². The predicted octanol–water partition coefficient (Wildman–Crippen LogP) is 3.30. The van der Waals surface area contributed by atoms with Gasteiger partial charge in [0.05, 0.1) is 6.10 Å². The van der Waals surface area contributed by atoms with Gasteiger partial charge in [-0.3, -0.25) is 4.79 Å². The largest absolute Gasteiger partial charge is 0.393 e. The van der Waals surface area contributed by atoms with Crippen molar-refractivity contribution in [2.24, 2.45) is 11.3 Å². The third kappa shape index (κ3) is 2.98. The minimum Gasteiger partial charge on any atom is -0.393 e. The van der Waals surface area contributed by atoms with Crippen LogP contribution in [-0.4, -0.2) is 15.8 Å². The fourth-order valence-electron chi connectivity index (χ4n) is 3.45. The molecule has 3 heteroatoms. The van der Waals surface area contributed by atoms with Crippen LogP contribution < -0.4 is 5.43 Å². The second kappa shape index (κ2) is 5.72. The average molecular weight is 277 g/mol. The summed E-state index contributed by atoms with van der Waals surface area (Å²) < 4.78 is 2.15. The molecule has 2 rings (SSSR count). The molecule has 0 saturated heterocycles. The second-order valence-corrected chi connectivity index (χ2v) is 6.92. The lowest BCUT2D eigenvalue weighted by atomic mass is 9.66. The minimum absolute atomic E-state index is 0.0870. The molecule has 1 heterocycles. The Morgan fingerprint density at radius 1 is 1.40 bits per heavy atom. The molecule has 1 aromatic rings. The zero-order valence-corrected chi connectivity index (χ0v) is 13.1. The number of aryl methyl sites for hydroxylation is 1. The first-order chi connectivity index (χ1) is 9.35. The Morgan fingerprint density at radius 2 is 2.10 bits per heavy atom. The van der Waals surface area contributed by atoms with Crippen molar-refractivity contribution in [3.05, 3.63) is 34.2 Å². The van der Waals surface area contributed by atoms with Gasteiger partial charge in [-0.1, -0.05) is 27.2 Å². The van der Waals surface area contributed by atoms with Crippen molar-refractivity contribution in [2.75, 3.05) is 0 Å². The molecule has 0 aliphatic heterocycles. The Labute approximate surface area is 121 Å². The summed E-state index contributed by atoms with van der Waals surface area (Å²) in [4.78, 5) is 11.6. The van der Waals surface area contributed by atoms with Crippen molar-refractivity contribution >= 4 is 0 Å². The van der Waals surface area contributed by atoms with Gasteiger partial charge in [-0.05, 0) is 37.5 Å². The summed E-state index contributed by atoms with van der Waals surface area (Å²) in [7, 11) is 0. The van der Waals surface area contributed by atoms with Gasteiger partial charge in [-0.25, -0.2) is 0 Å². The van der Waals surface area contributed by atoms with E-state index >= 15 is 0 Å². The number of pyridine rings is 1. The van der Waals surface area contributed by atoms with Crippen molar-refractivity contribution in [1.82, 2.24) is 4.57 Å². The van der Waals surface area contributed by atoms with Crippen LogP contribution in [-0.2, 0) is 0 Å². The standard InChI is InChI=1S/C17H27NO2/c1-5-17(3,4)14-7-6-13(19)10-15(14)18-9-8-16(20)12(2)11-18/h8-9,11,13-15,19H,5-7,10H2,1-4H3. The van der Waals surface area contributed by atoms with E-state index in [1.54, 1.807) is 6.07 Å². The predicted molar refractivity (Wildman–Crippen MR) is 81.9 cm³/mol. The van der Waals surface area contributed by atoms with Crippen LogP contribution in [0.1, 0.15) is 58.1 Å². The molecule has 0 amide bonds. The zero-order valence-electron chi connectivity index (χ0n) is 13.1. The molecule has 0 radical (unpaired) electrons. The minimum atomic E-state index is -0.219. The monoisotopic (exact) mass is 277 g/mol. The van der Waals surface area contributed by atoms with Crippen LogP contribution >= 0.6 is 0 Å². The summed E-state index contributed by atoms with van der Waals surface area (Å²) in [6, 6.07) is 1.93. The number of aliphatic hydroxyl groups is 1. The van der Waals surface area contributed by atoms with Gasteiger partial charge in [-0.15, -0.1) is 0 Å². The molecular formula is C17H27NO2. The maximum Gasteiger partial charge on any atom is 0.184 e. The molecule has 1 saturated carbocycles. The molecule has 0 aromatic carbocycles. The third-order valence-electron chi connectivity index (χ3n) is 5.22. The lowest BCUT2D eigenvalue weighted by Gasteiger charge is -2.44. The Morgan fingerprint density at radius 3 is 2.70 bits per heavy atom. The maximum absolute atomic E-state index is 11.6. The lowest BCUT2D eigenvalue weighted by molar-refractivity contribution is 0.0214. The molecule has 1 aliphatic rings. The fourth-order valence-corrected chi connectivity index (χ4v) is 3.45. The van der Waals surface area contributed by atoms with Gasteiger partial charge in [0.1, 0.15) is 0 Å². The van der Waals surface area contributed by atoms with E-state index in [2.05, 4.69) is 25.3 Å². The Kier molecular flexibility index (Phi) is 4.38. The van der Waals surface area contributed by atoms with Crippen molar-refractivity contribution in [1.29, 1.82) is 0 Å². The first kappa shape index (κ1) is 15.3. The summed E-state index contributed by atoms with van der Waals surface area (Å²) >= 11 is 0.